The van der Waals surface area contributed by atoms with Crippen LogP contribution in [0.15, 0.2) is 88.7 Å². The number of aryl methyl sites for hydroxylation is 1. The van der Waals surface area contributed by atoms with Gasteiger partial charge in [0.05, 0.1) is 17.3 Å². The van der Waals surface area contributed by atoms with Crippen molar-refractivity contribution < 1.29 is 14.6 Å². The molecule has 38 heavy (non-hydrogen) atoms. The number of aliphatic hydroxyl groups is 1. The fourth-order valence-electron chi connectivity index (χ4n) is 4.59. The zero-order valence-electron chi connectivity index (χ0n) is 20.6. The molecular weight excluding hydrogens is 522 g/mol. The normalized spacial score (nSPS) is 15.1. The molecule has 194 valence electrons. The minimum atomic E-state index is -0.975. The van der Waals surface area contributed by atoms with Crippen LogP contribution in [0.2, 0.25) is 5.02 Å². The van der Waals surface area contributed by atoms with E-state index >= 15 is 0 Å². The van der Waals surface area contributed by atoms with Crippen LogP contribution in [-0.4, -0.2) is 33.4 Å². The topological polar surface area (TPSA) is 93.5 Å². The molecule has 1 amide bonds. The van der Waals surface area contributed by atoms with Crippen LogP contribution in [0.5, 0.6) is 5.75 Å². The van der Waals surface area contributed by atoms with E-state index in [1.165, 1.54) is 10.9 Å². The fourth-order valence-corrected chi connectivity index (χ4v) is 6.06. The van der Waals surface area contributed by atoms with Crippen LogP contribution < -0.4 is 15.5 Å². The van der Waals surface area contributed by atoms with Crippen LogP contribution in [0.3, 0.4) is 0 Å². The Morgan fingerprint density at radius 2 is 1.87 bits per heavy atom. The first-order chi connectivity index (χ1) is 18.4. The number of aliphatic hydroxyl groups excluding tert-OH is 1. The number of thioether (sulfide) groups is 1. The molecule has 1 aromatic heterocycles. The highest BCUT2D eigenvalue weighted by atomic mass is 35.5. The molecule has 4 aromatic rings. The highest BCUT2D eigenvalue weighted by Crippen LogP contribution is 2.44. The summed E-state index contributed by atoms with van der Waals surface area (Å²) in [7, 11) is 1.61. The summed E-state index contributed by atoms with van der Waals surface area (Å²) < 4.78 is 7.07. The van der Waals surface area contributed by atoms with Gasteiger partial charge in [0.2, 0.25) is 0 Å². The van der Waals surface area contributed by atoms with Gasteiger partial charge >= 0.3 is 0 Å². The van der Waals surface area contributed by atoms with Gasteiger partial charge in [-0.1, -0.05) is 78.3 Å². The number of carbonyl (C=O) groups excluding carboxylic acids is 1. The Morgan fingerprint density at radius 3 is 2.68 bits per heavy atom. The van der Waals surface area contributed by atoms with E-state index in [0.717, 1.165) is 32.9 Å². The van der Waals surface area contributed by atoms with Crippen LogP contribution in [0.4, 0.5) is 0 Å². The number of nitrogens with zero attached hydrogens (tertiary/aromatic N) is 2. The number of nitrogens with one attached hydrogen (secondary N) is 1. The van der Waals surface area contributed by atoms with Crippen molar-refractivity contribution in [2.24, 2.45) is 7.05 Å². The van der Waals surface area contributed by atoms with Gasteiger partial charge < -0.3 is 15.2 Å². The van der Waals surface area contributed by atoms with Crippen LogP contribution in [0.25, 0.3) is 0 Å². The summed E-state index contributed by atoms with van der Waals surface area (Å²) in [6.07, 6.45) is 0.468. The third kappa shape index (κ3) is 5.48. The minimum Gasteiger partial charge on any atom is -0.483 e. The maximum atomic E-state index is 13.1. The molecule has 0 fully saturated rings. The van der Waals surface area contributed by atoms with E-state index in [9.17, 15) is 14.7 Å². The third-order valence-corrected chi connectivity index (χ3v) is 8.03. The highest BCUT2D eigenvalue weighted by Gasteiger charge is 2.31. The maximum Gasteiger partial charge on any atom is 0.276 e. The zero-order valence-corrected chi connectivity index (χ0v) is 22.2. The number of halogens is 1. The lowest BCUT2D eigenvalue weighted by atomic mass is 9.84. The molecule has 7 nitrogen and oxygen atoms in total. The quantitative estimate of drug-likeness (QED) is 0.353. The molecule has 0 bridgehead atoms. The van der Waals surface area contributed by atoms with Gasteiger partial charge in [0.1, 0.15) is 6.61 Å². The first kappa shape index (κ1) is 26.0. The molecule has 2 atom stereocenters. The molecule has 0 saturated heterocycles. The largest absolute Gasteiger partial charge is 0.483 e. The average Bonchev–Trinajstić information content (AvgIpc) is 3.10. The van der Waals surface area contributed by atoms with E-state index in [1.54, 1.807) is 18.8 Å². The molecule has 1 aliphatic rings. The molecule has 3 aromatic carbocycles. The lowest BCUT2D eigenvalue weighted by Gasteiger charge is -2.26. The molecule has 0 radical (unpaired) electrons. The Kier molecular flexibility index (Phi) is 7.83. The van der Waals surface area contributed by atoms with Crippen molar-refractivity contribution in [2.75, 3.05) is 6.54 Å². The first-order valence-electron chi connectivity index (χ1n) is 12.1. The number of carbonyl (C=O) groups is 1. The van der Waals surface area contributed by atoms with Crippen molar-refractivity contribution in [3.63, 3.8) is 0 Å². The van der Waals surface area contributed by atoms with Gasteiger partial charge in [0, 0.05) is 30.2 Å². The fraction of sp³-hybridized carbons (Fsp3) is 0.207. The lowest BCUT2D eigenvalue weighted by molar-refractivity contribution is 0.0895. The van der Waals surface area contributed by atoms with Gasteiger partial charge in [-0.3, -0.25) is 14.3 Å². The van der Waals surface area contributed by atoms with Crippen molar-refractivity contribution in [3.8, 4) is 5.75 Å². The summed E-state index contributed by atoms with van der Waals surface area (Å²) in [6.45, 7) is 0.0926. The molecule has 1 aliphatic heterocycles. The average molecular weight is 548 g/mol. The second-order valence-electron chi connectivity index (χ2n) is 9.02. The molecule has 9 heteroatoms. The number of hydrogen-bond donors (Lipinski definition) is 2. The predicted octanol–water partition coefficient (Wildman–Crippen LogP) is 4.54. The van der Waals surface area contributed by atoms with Crippen molar-refractivity contribution in [3.05, 3.63) is 122 Å². The summed E-state index contributed by atoms with van der Waals surface area (Å²) in [5.41, 5.74) is 2.96. The summed E-state index contributed by atoms with van der Waals surface area (Å²) in [6, 6.07) is 23.0. The van der Waals surface area contributed by atoms with Gasteiger partial charge in [0.15, 0.2) is 11.4 Å². The van der Waals surface area contributed by atoms with Gasteiger partial charge in [0.25, 0.3) is 11.3 Å². The van der Waals surface area contributed by atoms with Crippen LogP contribution >= 0.6 is 23.4 Å². The van der Waals surface area contributed by atoms with E-state index < -0.39 is 23.4 Å². The summed E-state index contributed by atoms with van der Waals surface area (Å²) in [4.78, 5) is 27.0. The maximum absolute atomic E-state index is 13.1. The van der Waals surface area contributed by atoms with Gasteiger partial charge in [-0.25, -0.2) is 0 Å². The van der Waals surface area contributed by atoms with Gasteiger partial charge in [-0.15, -0.1) is 11.8 Å². The molecule has 2 N–H and O–H groups in total. The second kappa shape index (κ2) is 11.4. The Balaban J connectivity index is 1.36. The summed E-state index contributed by atoms with van der Waals surface area (Å²) in [5, 5.41) is 18.8. The van der Waals surface area contributed by atoms with Crippen molar-refractivity contribution in [1.82, 2.24) is 15.1 Å². The van der Waals surface area contributed by atoms with Crippen molar-refractivity contribution >= 4 is 29.3 Å². The predicted molar refractivity (Wildman–Crippen MR) is 148 cm³/mol. The molecular formula is C29H26ClN3O4S. The number of rotatable bonds is 7. The van der Waals surface area contributed by atoms with E-state index in [-0.39, 0.29) is 24.6 Å². The molecule has 0 spiro atoms. The van der Waals surface area contributed by atoms with Gasteiger partial charge in [-0.05, 0) is 28.3 Å². The Bertz CT molecular complexity index is 1530. The Morgan fingerprint density at radius 1 is 1.13 bits per heavy atom. The van der Waals surface area contributed by atoms with Crippen molar-refractivity contribution in [2.45, 2.75) is 29.3 Å². The van der Waals surface area contributed by atoms with Crippen LogP contribution in [0, 0.1) is 0 Å². The standard InChI is InChI=1S/C29H26ClN3O4S/c1-33-15-24(37-16-18-8-3-2-4-9-18)27(35)26(32-33)29(36)31-14-23(34)25-20-11-6-5-10-19(20)17-38-28-21(25)12-7-13-22(28)30/h2-13,15,23,25,34H,14,16-17H2,1H3,(H,31,36). The molecule has 5 rings (SSSR count). The lowest BCUT2D eigenvalue weighted by Crippen LogP contribution is -2.39. The van der Waals surface area contributed by atoms with E-state index in [0.29, 0.717) is 5.02 Å². The molecule has 0 saturated carbocycles. The number of fused-ring (bicyclic) bond motifs is 2. The minimum absolute atomic E-state index is 0.0235. The number of amides is 1. The van der Waals surface area contributed by atoms with Crippen LogP contribution in [-0.2, 0) is 19.4 Å². The summed E-state index contributed by atoms with van der Waals surface area (Å²) in [5.74, 6) is -0.350. The molecule has 2 heterocycles. The summed E-state index contributed by atoms with van der Waals surface area (Å²) >= 11 is 8.15. The number of benzene rings is 3. The second-order valence-corrected chi connectivity index (χ2v) is 10.4. The number of hydrogen-bond acceptors (Lipinski definition) is 6. The monoisotopic (exact) mass is 547 g/mol. The van der Waals surface area contributed by atoms with E-state index in [4.69, 9.17) is 16.3 Å². The van der Waals surface area contributed by atoms with Crippen LogP contribution in [0.1, 0.15) is 38.7 Å². The molecule has 2 unspecified atom stereocenters. The number of ether oxygens (including phenoxy) is 1. The highest BCUT2D eigenvalue weighted by molar-refractivity contribution is 7.98. The SMILES string of the molecule is Cn1cc(OCc2ccccc2)c(=O)c(C(=O)NCC(O)C2c3ccccc3CSc3c(Cl)cccc32)n1. The van der Waals surface area contributed by atoms with E-state index in [1.807, 2.05) is 72.8 Å². The smallest absolute Gasteiger partial charge is 0.276 e. The Labute approximate surface area is 229 Å². The van der Waals surface area contributed by atoms with E-state index in [2.05, 4.69) is 10.4 Å². The van der Waals surface area contributed by atoms with Crippen molar-refractivity contribution in [1.29, 1.82) is 0 Å². The number of aromatic nitrogens is 2. The zero-order chi connectivity index (χ0) is 26.6. The third-order valence-electron chi connectivity index (χ3n) is 6.40. The first-order valence-corrected chi connectivity index (χ1v) is 13.5. The Hall–Kier alpha value is -3.59. The van der Waals surface area contributed by atoms with Gasteiger partial charge in [-0.2, -0.15) is 5.10 Å². The molecule has 0 aliphatic carbocycles.